The van der Waals surface area contributed by atoms with Crippen molar-refractivity contribution in [1.29, 1.82) is 5.26 Å². The second-order valence-electron chi connectivity index (χ2n) is 3.25. The highest BCUT2D eigenvalue weighted by molar-refractivity contribution is 9.08. The van der Waals surface area contributed by atoms with E-state index < -0.39 is 0 Å². The zero-order valence-electron chi connectivity index (χ0n) is 7.13. The monoisotopic (exact) mass is 236 g/mol. The Kier molecular flexibility index (Phi) is 2.32. The van der Waals surface area contributed by atoms with E-state index in [1.165, 1.54) is 18.4 Å². The zero-order valence-corrected chi connectivity index (χ0v) is 8.71. The Morgan fingerprint density at radius 1 is 1.54 bits per heavy atom. The van der Waals surface area contributed by atoms with Crippen molar-refractivity contribution in [2.45, 2.75) is 24.1 Å². The summed E-state index contributed by atoms with van der Waals surface area (Å²) in [5.41, 5.74) is 2.86. The minimum Gasteiger partial charge on any atom is -0.241 e. The summed E-state index contributed by atoms with van der Waals surface area (Å²) in [6, 6.07) is 5.90. The fourth-order valence-electron chi connectivity index (χ4n) is 1.45. The van der Waals surface area contributed by atoms with Crippen LogP contribution in [0.5, 0.6) is 0 Å². The molecule has 0 unspecified atom stereocenters. The molecule has 1 aliphatic rings. The normalized spacial score (nSPS) is 15.4. The third-order valence-corrected chi connectivity index (χ3v) is 2.80. The van der Waals surface area contributed by atoms with Crippen LogP contribution in [0.3, 0.4) is 0 Å². The number of pyridine rings is 1. The van der Waals surface area contributed by atoms with Crippen LogP contribution in [0.25, 0.3) is 0 Å². The van der Waals surface area contributed by atoms with Gasteiger partial charge in [0.25, 0.3) is 0 Å². The molecule has 0 atom stereocenters. The molecular formula is C10H9BrN2. The van der Waals surface area contributed by atoms with E-state index in [0.717, 1.165) is 11.0 Å². The van der Waals surface area contributed by atoms with E-state index >= 15 is 0 Å². The predicted molar refractivity (Wildman–Crippen MR) is 53.6 cm³/mol. The largest absolute Gasteiger partial charge is 0.241 e. The van der Waals surface area contributed by atoms with Gasteiger partial charge in [0.1, 0.15) is 11.8 Å². The van der Waals surface area contributed by atoms with Gasteiger partial charge < -0.3 is 0 Å². The molecule has 2 nitrogen and oxygen atoms in total. The average Bonchev–Trinajstić information content (AvgIpc) is 3.00. The van der Waals surface area contributed by atoms with Crippen LogP contribution in [-0.4, -0.2) is 4.98 Å². The number of rotatable bonds is 2. The van der Waals surface area contributed by atoms with E-state index in [0.29, 0.717) is 11.6 Å². The van der Waals surface area contributed by atoms with E-state index in [9.17, 15) is 0 Å². The first-order valence-electron chi connectivity index (χ1n) is 4.31. The predicted octanol–water partition coefficient (Wildman–Crippen LogP) is 2.73. The van der Waals surface area contributed by atoms with Crippen LogP contribution >= 0.6 is 15.9 Å². The fourth-order valence-corrected chi connectivity index (χ4v) is 1.90. The number of aromatic nitrogens is 1. The molecule has 0 saturated heterocycles. The molecule has 0 N–H and O–H groups in total. The van der Waals surface area contributed by atoms with Gasteiger partial charge in [0, 0.05) is 5.33 Å². The van der Waals surface area contributed by atoms with E-state index in [1.54, 1.807) is 6.07 Å². The first kappa shape index (κ1) is 8.71. The molecule has 66 valence electrons. The molecule has 1 fully saturated rings. The van der Waals surface area contributed by atoms with Crippen LogP contribution in [0, 0.1) is 11.3 Å². The highest BCUT2D eigenvalue weighted by atomic mass is 79.9. The van der Waals surface area contributed by atoms with Gasteiger partial charge in [-0.05, 0) is 30.4 Å². The van der Waals surface area contributed by atoms with Gasteiger partial charge in [0.05, 0.1) is 5.69 Å². The number of alkyl halides is 1. The Bertz CT molecular complexity index is 364. The summed E-state index contributed by atoms with van der Waals surface area (Å²) >= 11 is 3.40. The van der Waals surface area contributed by atoms with Crippen LogP contribution in [0.1, 0.15) is 35.7 Å². The maximum atomic E-state index is 8.67. The summed E-state index contributed by atoms with van der Waals surface area (Å²) in [5, 5.41) is 9.42. The third-order valence-electron chi connectivity index (χ3n) is 2.27. The standard InChI is InChI=1S/C10H9BrN2/c11-5-10-9(7-1-2-7)4-3-8(6-12)13-10/h3-4,7H,1-2,5H2. The molecule has 3 heteroatoms. The minimum absolute atomic E-state index is 0.513. The lowest BCUT2D eigenvalue weighted by molar-refractivity contribution is 1.02. The molecule has 0 radical (unpaired) electrons. The van der Waals surface area contributed by atoms with Crippen molar-refractivity contribution in [3.8, 4) is 6.07 Å². The van der Waals surface area contributed by atoms with Crippen LogP contribution in [0.15, 0.2) is 12.1 Å². The van der Waals surface area contributed by atoms with E-state index in [4.69, 9.17) is 5.26 Å². The highest BCUT2D eigenvalue weighted by Gasteiger charge is 2.26. The molecule has 1 saturated carbocycles. The average molecular weight is 237 g/mol. The van der Waals surface area contributed by atoms with Crippen molar-refractivity contribution in [3.05, 3.63) is 29.1 Å². The number of hydrogen-bond acceptors (Lipinski definition) is 2. The molecule has 1 heterocycles. The van der Waals surface area contributed by atoms with Crippen molar-refractivity contribution < 1.29 is 0 Å². The Balaban J connectivity index is 2.40. The number of nitriles is 1. The second kappa shape index (κ2) is 3.47. The molecule has 1 aliphatic carbocycles. The van der Waals surface area contributed by atoms with E-state index in [1.807, 2.05) is 6.07 Å². The lowest BCUT2D eigenvalue weighted by Gasteiger charge is -2.03. The Morgan fingerprint density at radius 3 is 2.85 bits per heavy atom. The van der Waals surface area contributed by atoms with Gasteiger partial charge in [0.15, 0.2) is 0 Å². The maximum Gasteiger partial charge on any atom is 0.140 e. The molecule has 13 heavy (non-hydrogen) atoms. The highest BCUT2D eigenvalue weighted by Crippen LogP contribution is 2.41. The minimum atomic E-state index is 0.513. The summed E-state index contributed by atoms with van der Waals surface area (Å²) in [6.07, 6.45) is 2.54. The Hall–Kier alpha value is -0.880. The second-order valence-corrected chi connectivity index (χ2v) is 3.81. The van der Waals surface area contributed by atoms with Crippen LogP contribution < -0.4 is 0 Å². The smallest absolute Gasteiger partial charge is 0.140 e. The molecule has 0 amide bonds. The fraction of sp³-hybridized carbons (Fsp3) is 0.400. The zero-order chi connectivity index (χ0) is 9.26. The lowest BCUT2D eigenvalue weighted by Crippen LogP contribution is -1.95. The third kappa shape index (κ3) is 1.73. The van der Waals surface area contributed by atoms with Crippen LogP contribution in [0.4, 0.5) is 0 Å². The van der Waals surface area contributed by atoms with E-state index in [2.05, 4.69) is 27.0 Å². The number of nitrogens with zero attached hydrogens (tertiary/aromatic N) is 2. The summed E-state index contributed by atoms with van der Waals surface area (Å²) in [7, 11) is 0. The van der Waals surface area contributed by atoms with Gasteiger partial charge in [-0.3, -0.25) is 0 Å². The molecule has 1 aromatic heterocycles. The van der Waals surface area contributed by atoms with Crippen LogP contribution in [0.2, 0.25) is 0 Å². The van der Waals surface area contributed by atoms with Gasteiger partial charge in [-0.1, -0.05) is 22.0 Å². The molecule has 1 aromatic rings. The van der Waals surface area contributed by atoms with Crippen molar-refractivity contribution in [2.75, 3.05) is 0 Å². The SMILES string of the molecule is N#Cc1ccc(C2CC2)c(CBr)n1. The number of halogens is 1. The lowest BCUT2D eigenvalue weighted by atomic mass is 10.1. The van der Waals surface area contributed by atoms with Gasteiger partial charge in [0.2, 0.25) is 0 Å². The van der Waals surface area contributed by atoms with Gasteiger partial charge in [-0.25, -0.2) is 4.98 Å². The summed E-state index contributed by atoms with van der Waals surface area (Å²) in [6.45, 7) is 0. The quantitative estimate of drug-likeness (QED) is 0.741. The molecule has 0 spiro atoms. The molecule has 2 rings (SSSR count). The molecule has 0 aromatic carbocycles. The molecule has 0 aliphatic heterocycles. The maximum absolute atomic E-state index is 8.67. The first-order chi connectivity index (χ1) is 6.35. The topological polar surface area (TPSA) is 36.7 Å². The van der Waals surface area contributed by atoms with Crippen molar-refractivity contribution in [1.82, 2.24) is 4.98 Å². The first-order valence-corrected chi connectivity index (χ1v) is 5.43. The van der Waals surface area contributed by atoms with Crippen molar-refractivity contribution >= 4 is 15.9 Å². The number of hydrogen-bond donors (Lipinski definition) is 0. The van der Waals surface area contributed by atoms with Gasteiger partial charge in [-0.2, -0.15) is 5.26 Å². The molecular weight excluding hydrogens is 228 g/mol. The van der Waals surface area contributed by atoms with E-state index in [-0.39, 0.29) is 0 Å². The van der Waals surface area contributed by atoms with Crippen LogP contribution in [-0.2, 0) is 5.33 Å². The Labute approximate surface area is 85.7 Å². The van der Waals surface area contributed by atoms with Crippen molar-refractivity contribution in [2.24, 2.45) is 0 Å². The summed E-state index contributed by atoms with van der Waals surface area (Å²) in [4.78, 5) is 4.26. The van der Waals surface area contributed by atoms with Gasteiger partial charge in [-0.15, -0.1) is 0 Å². The summed E-state index contributed by atoms with van der Waals surface area (Å²) < 4.78 is 0. The molecule has 0 bridgehead atoms. The van der Waals surface area contributed by atoms with Gasteiger partial charge >= 0.3 is 0 Å². The summed E-state index contributed by atoms with van der Waals surface area (Å²) in [5.74, 6) is 0.702. The van der Waals surface area contributed by atoms with Crippen molar-refractivity contribution in [3.63, 3.8) is 0 Å². The Morgan fingerprint density at radius 2 is 2.31 bits per heavy atom.